The van der Waals surface area contributed by atoms with Gasteiger partial charge in [-0.25, -0.2) is 20.6 Å². The summed E-state index contributed by atoms with van der Waals surface area (Å²) in [6, 6.07) is -0.444. The lowest BCUT2D eigenvalue weighted by Crippen LogP contribution is -2.53. The van der Waals surface area contributed by atoms with E-state index >= 15 is 0 Å². The first-order chi connectivity index (χ1) is 16.3. The number of piperidine rings is 1. The summed E-state index contributed by atoms with van der Waals surface area (Å²) in [6.07, 6.45) is 3.73. The van der Waals surface area contributed by atoms with E-state index in [9.17, 15) is 24.6 Å². The topological polar surface area (TPSA) is 183 Å². The number of pyridine rings is 1. The number of carboxylic acid groups (broad SMARTS) is 2. The fourth-order valence-corrected chi connectivity index (χ4v) is 4.26. The molecule has 0 radical (unpaired) electrons. The van der Waals surface area contributed by atoms with Gasteiger partial charge in [-0.2, -0.15) is 0 Å². The summed E-state index contributed by atoms with van der Waals surface area (Å²) in [5, 5.41) is 22.9. The molecule has 1 aliphatic carbocycles. The molecule has 1 atom stereocenters. The highest BCUT2D eigenvalue weighted by atomic mass is 16.5. The fraction of sp³-hybridized carbons (Fsp3) is 0.524. The molecule has 0 spiro atoms. The maximum Gasteiger partial charge on any atom is 0.421 e. The number of carbonyl (C=O) groups excluding carboxylic acids is 1. The van der Waals surface area contributed by atoms with E-state index in [-0.39, 0.29) is 19.4 Å². The molecule has 2 aromatic heterocycles. The normalized spacial score (nSPS) is 19.0. The molecule has 34 heavy (non-hydrogen) atoms. The second kappa shape index (κ2) is 9.35. The van der Waals surface area contributed by atoms with Gasteiger partial charge in [-0.15, -0.1) is 0 Å². The Labute approximate surface area is 194 Å². The molecule has 3 heterocycles. The summed E-state index contributed by atoms with van der Waals surface area (Å²) in [6.45, 7) is 1.50. The predicted molar refractivity (Wildman–Crippen MR) is 121 cm³/mol. The van der Waals surface area contributed by atoms with Gasteiger partial charge < -0.3 is 34.9 Å². The third kappa shape index (κ3) is 4.31. The smallest absolute Gasteiger partial charge is 0.421 e. The zero-order valence-electron chi connectivity index (χ0n) is 18.7. The van der Waals surface area contributed by atoms with Crippen LogP contribution in [-0.4, -0.2) is 82.6 Å². The molecule has 0 aromatic carbocycles. The number of fused-ring (bicyclic) bond motifs is 1. The minimum atomic E-state index is -1.42. The average molecular weight is 476 g/mol. The summed E-state index contributed by atoms with van der Waals surface area (Å²) in [5.41, 5.74) is 0.0367. The maximum atomic E-state index is 12.8. The second-order valence-corrected chi connectivity index (χ2v) is 8.51. The second-order valence-electron chi connectivity index (χ2n) is 8.51. The molecule has 1 aliphatic heterocycles. The number of anilines is 2. The molecular formula is C21H28N6O7. The van der Waals surface area contributed by atoms with Crippen LogP contribution in [0.5, 0.6) is 5.75 Å². The largest absolute Gasteiger partial charge is 0.487 e. The van der Waals surface area contributed by atoms with Crippen molar-refractivity contribution in [1.29, 1.82) is 0 Å². The molecule has 6 N–H and O–H groups in total. The number of ether oxygens (including phenoxy) is 2. The van der Waals surface area contributed by atoms with E-state index in [1.807, 2.05) is 4.90 Å². The van der Waals surface area contributed by atoms with Gasteiger partial charge in [-0.3, -0.25) is 9.59 Å². The number of hydrazine groups is 1. The summed E-state index contributed by atoms with van der Waals surface area (Å²) in [4.78, 5) is 45.2. The van der Waals surface area contributed by atoms with Crippen molar-refractivity contribution >= 4 is 40.4 Å². The minimum Gasteiger partial charge on any atom is -0.487 e. The Balaban J connectivity index is 1.73. The maximum absolute atomic E-state index is 12.8. The minimum absolute atomic E-state index is 0.250. The van der Waals surface area contributed by atoms with Crippen LogP contribution in [0.4, 0.5) is 16.2 Å². The fourth-order valence-electron chi connectivity index (χ4n) is 4.26. The van der Waals surface area contributed by atoms with Gasteiger partial charge in [-0.05, 0) is 25.7 Å². The van der Waals surface area contributed by atoms with Crippen molar-refractivity contribution < 1.29 is 34.1 Å². The van der Waals surface area contributed by atoms with Gasteiger partial charge in [0.2, 0.25) is 5.91 Å². The van der Waals surface area contributed by atoms with E-state index in [1.165, 1.54) is 0 Å². The lowest BCUT2D eigenvalue weighted by molar-refractivity contribution is -0.147. The van der Waals surface area contributed by atoms with Crippen molar-refractivity contribution in [3.63, 3.8) is 0 Å². The Kier molecular flexibility index (Phi) is 6.48. The first kappa shape index (κ1) is 23.6. The number of aliphatic carboxylic acids is 1. The molecular weight excluding hydrogens is 448 g/mol. The van der Waals surface area contributed by atoms with Crippen molar-refractivity contribution in [3.8, 4) is 5.75 Å². The third-order valence-electron chi connectivity index (χ3n) is 6.35. The SMILES string of the molecule is COCCOc1cnc2[nH]cc(NC(=O)C3(C(=O)O)CC3)c2c1N1CCC[C@@H](N(N)C(=O)O)C1. The Hall–Kier alpha value is -3.58. The number of carbonyl (C=O) groups is 3. The van der Waals surface area contributed by atoms with E-state index in [0.29, 0.717) is 60.7 Å². The summed E-state index contributed by atoms with van der Waals surface area (Å²) in [5.74, 6) is 4.46. The number of hydrogen-bond donors (Lipinski definition) is 5. The van der Waals surface area contributed by atoms with Crippen LogP contribution in [0.25, 0.3) is 11.0 Å². The van der Waals surface area contributed by atoms with E-state index in [4.69, 9.17) is 15.3 Å². The van der Waals surface area contributed by atoms with E-state index < -0.39 is 29.4 Å². The molecule has 0 bridgehead atoms. The van der Waals surface area contributed by atoms with Crippen LogP contribution in [0.1, 0.15) is 25.7 Å². The Bertz CT molecular complexity index is 1100. The van der Waals surface area contributed by atoms with E-state index in [0.717, 1.165) is 5.01 Å². The number of rotatable bonds is 9. The molecule has 2 fully saturated rings. The lowest BCUT2D eigenvalue weighted by Gasteiger charge is -2.38. The molecule has 2 aliphatic rings. The van der Waals surface area contributed by atoms with Crippen molar-refractivity contribution in [2.75, 3.05) is 43.6 Å². The zero-order valence-corrected chi connectivity index (χ0v) is 18.7. The Morgan fingerprint density at radius 2 is 2.12 bits per heavy atom. The van der Waals surface area contributed by atoms with Gasteiger partial charge in [0.1, 0.15) is 17.7 Å². The number of aromatic amines is 1. The van der Waals surface area contributed by atoms with Gasteiger partial charge in [0.15, 0.2) is 5.75 Å². The van der Waals surface area contributed by atoms with Crippen molar-refractivity contribution in [3.05, 3.63) is 12.4 Å². The third-order valence-corrected chi connectivity index (χ3v) is 6.35. The summed E-state index contributed by atoms with van der Waals surface area (Å²) < 4.78 is 11.0. The number of nitrogens with two attached hydrogens (primary N) is 1. The average Bonchev–Trinajstić information content (AvgIpc) is 3.55. The Morgan fingerprint density at radius 1 is 1.35 bits per heavy atom. The van der Waals surface area contributed by atoms with Gasteiger partial charge >= 0.3 is 12.1 Å². The molecule has 2 aromatic rings. The number of methoxy groups -OCH3 is 1. The molecule has 1 saturated heterocycles. The number of nitrogens with zero attached hydrogens (tertiary/aromatic N) is 3. The monoisotopic (exact) mass is 476 g/mol. The number of carboxylic acids is 1. The number of hydrogen-bond acceptors (Lipinski definition) is 8. The molecule has 2 amide bonds. The van der Waals surface area contributed by atoms with Crippen molar-refractivity contribution in [1.82, 2.24) is 15.0 Å². The zero-order chi connectivity index (χ0) is 24.5. The number of H-pyrrole nitrogens is 1. The predicted octanol–water partition coefficient (Wildman–Crippen LogP) is 1.21. The Morgan fingerprint density at radius 3 is 2.76 bits per heavy atom. The summed E-state index contributed by atoms with van der Waals surface area (Å²) >= 11 is 0. The first-order valence-electron chi connectivity index (χ1n) is 11.0. The summed E-state index contributed by atoms with van der Waals surface area (Å²) in [7, 11) is 1.55. The molecule has 1 saturated carbocycles. The number of nitrogens with one attached hydrogen (secondary N) is 2. The standard InChI is InChI=1S/C21H28N6O7/c1-33-7-8-34-14-10-24-17-15(13(9-23-17)25-18(28)21(4-5-21)19(29)30)16(14)26-6-2-3-12(11-26)27(22)20(31)32/h9-10,12H,2-8,11,22H2,1H3,(H,23,24)(H,25,28)(H,29,30)(H,31,32)/t12-/m1/s1. The van der Waals surface area contributed by atoms with Gasteiger partial charge in [-0.1, -0.05) is 0 Å². The van der Waals surface area contributed by atoms with Crippen LogP contribution in [-0.2, 0) is 14.3 Å². The van der Waals surface area contributed by atoms with Crippen molar-refractivity contribution in [2.24, 2.45) is 11.3 Å². The van der Waals surface area contributed by atoms with Crippen LogP contribution in [0, 0.1) is 5.41 Å². The van der Waals surface area contributed by atoms with Crippen LogP contribution in [0.3, 0.4) is 0 Å². The number of amides is 2. The van der Waals surface area contributed by atoms with Crippen LogP contribution in [0.2, 0.25) is 0 Å². The molecule has 13 heteroatoms. The molecule has 4 rings (SSSR count). The highest BCUT2D eigenvalue weighted by Crippen LogP contribution is 2.48. The highest BCUT2D eigenvalue weighted by Gasteiger charge is 2.57. The van der Waals surface area contributed by atoms with Crippen LogP contribution in [0.15, 0.2) is 12.4 Å². The first-order valence-corrected chi connectivity index (χ1v) is 11.0. The highest BCUT2D eigenvalue weighted by molar-refractivity contribution is 6.15. The molecule has 13 nitrogen and oxygen atoms in total. The van der Waals surface area contributed by atoms with Gasteiger partial charge in [0.05, 0.1) is 35.6 Å². The number of aromatic nitrogens is 2. The molecule has 0 unspecified atom stereocenters. The van der Waals surface area contributed by atoms with Crippen molar-refractivity contribution in [2.45, 2.75) is 31.7 Å². The van der Waals surface area contributed by atoms with E-state index in [2.05, 4.69) is 15.3 Å². The van der Waals surface area contributed by atoms with E-state index in [1.54, 1.807) is 19.5 Å². The quantitative estimate of drug-likeness (QED) is 0.116. The lowest BCUT2D eigenvalue weighted by atomic mass is 10.0. The van der Waals surface area contributed by atoms with Gasteiger partial charge in [0, 0.05) is 26.4 Å². The van der Waals surface area contributed by atoms with Crippen LogP contribution >= 0.6 is 0 Å². The van der Waals surface area contributed by atoms with Crippen LogP contribution < -0.4 is 20.8 Å². The van der Waals surface area contributed by atoms with Gasteiger partial charge in [0.25, 0.3) is 0 Å². The molecule has 184 valence electrons.